The van der Waals surface area contributed by atoms with Crippen LogP contribution in [-0.4, -0.2) is 33.3 Å². The fraction of sp³-hybridized carbons (Fsp3) is 1.00. The minimum absolute atomic E-state index is 0. The highest BCUT2D eigenvalue weighted by molar-refractivity contribution is 7.89. The average Bonchev–Trinajstić information content (AvgIpc) is 2.88. The standard InChI is InChI=1S/C9H18N2O2S.ClH/c12-14(13,7-8-3-4-8)11-9-2-1-5-10-6-9;/h8-11H,1-7H2;1H/t9-;/m0./s1. The Bertz CT molecular complexity index is 284. The molecule has 4 nitrogen and oxygen atoms in total. The number of nitrogens with one attached hydrogen (secondary N) is 2. The van der Waals surface area contributed by atoms with Gasteiger partial charge in [0.2, 0.25) is 10.0 Å². The molecule has 6 heteroatoms. The molecule has 0 amide bonds. The van der Waals surface area contributed by atoms with E-state index in [0.717, 1.165) is 38.8 Å². The number of hydrogen-bond acceptors (Lipinski definition) is 3. The highest BCUT2D eigenvalue weighted by atomic mass is 35.5. The minimum atomic E-state index is -3.01. The highest BCUT2D eigenvalue weighted by Crippen LogP contribution is 2.30. The molecule has 1 saturated heterocycles. The Morgan fingerprint density at radius 3 is 2.53 bits per heavy atom. The lowest BCUT2D eigenvalue weighted by Crippen LogP contribution is -2.46. The first-order valence-corrected chi connectivity index (χ1v) is 7.02. The molecule has 0 aromatic rings. The molecule has 0 spiro atoms. The Labute approximate surface area is 97.7 Å². The minimum Gasteiger partial charge on any atom is -0.315 e. The third-order valence-corrected chi connectivity index (χ3v) is 4.40. The van der Waals surface area contributed by atoms with Gasteiger partial charge < -0.3 is 5.32 Å². The summed E-state index contributed by atoms with van der Waals surface area (Å²) in [5.41, 5.74) is 0. The van der Waals surface area contributed by atoms with Crippen molar-refractivity contribution in [2.45, 2.75) is 31.7 Å². The number of piperidine rings is 1. The van der Waals surface area contributed by atoms with Crippen molar-refractivity contribution in [3.63, 3.8) is 0 Å². The molecule has 1 atom stereocenters. The molecule has 1 saturated carbocycles. The Kier molecular flexibility index (Phi) is 4.83. The van der Waals surface area contributed by atoms with E-state index < -0.39 is 10.0 Å². The molecule has 1 aliphatic heterocycles. The molecule has 2 rings (SSSR count). The fourth-order valence-electron chi connectivity index (χ4n) is 1.85. The van der Waals surface area contributed by atoms with Gasteiger partial charge in [-0.1, -0.05) is 0 Å². The maximum Gasteiger partial charge on any atom is 0.212 e. The second-order valence-corrected chi connectivity index (χ2v) is 6.18. The van der Waals surface area contributed by atoms with Crippen molar-refractivity contribution in [2.24, 2.45) is 5.92 Å². The molecular weight excluding hydrogens is 236 g/mol. The second kappa shape index (κ2) is 5.48. The van der Waals surface area contributed by atoms with E-state index in [-0.39, 0.29) is 18.4 Å². The van der Waals surface area contributed by atoms with Crippen LogP contribution in [0.1, 0.15) is 25.7 Å². The van der Waals surface area contributed by atoms with E-state index in [1.807, 2.05) is 0 Å². The van der Waals surface area contributed by atoms with E-state index in [0.29, 0.717) is 11.7 Å². The van der Waals surface area contributed by atoms with Gasteiger partial charge in [-0.3, -0.25) is 0 Å². The van der Waals surface area contributed by atoms with Crippen molar-refractivity contribution >= 4 is 22.4 Å². The maximum absolute atomic E-state index is 11.6. The van der Waals surface area contributed by atoms with Gasteiger partial charge in [-0.05, 0) is 38.1 Å². The van der Waals surface area contributed by atoms with Crippen molar-refractivity contribution < 1.29 is 8.42 Å². The zero-order valence-corrected chi connectivity index (χ0v) is 10.4. The van der Waals surface area contributed by atoms with E-state index >= 15 is 0 Å². The molecular formula is C9H19ClN2O2S. The SMILES string of the molecule is Cl.O=S(=O)(CC1CC1)N[C@H]1CCCNC1. The number of halogens is 1. The van der Waals surface area contributed by atoms with Crippen LogP contribution in [0, 0.1) is 5.92 Å². The van der Waals surface area contributed by atoms with E-state index in [4.69, 9.17) is 0 Å². The summed E-state index contributed by atoms with van der Waals surface area (Å²) in [6, 6.07) is 0.118. The van der Waals surface area contributed by atoms with Crippen LogP contribution in [0.25, 0.3) is 0 Å². The highest BCUT2D eigenvalue weighted by Gasteiger charge is 2.29. The number of rotatable bonds is 4. The second-order valence-electron chi connectivity index (χ2n) is 4.39. The summed E-state index contributed by atoms with van der Waals surface area (Å²) < 4.78 is 26.0. The van der Waals surface area contributed by atoms with Crippen molar-refractivity contribution in [1.29, 1.82) is 0 Å². The zero-order chi connectivity index (χ0) is 10.0. The van der Waals surface area contributed by atoms with Gasteiger partial charge in [0, 0.05) is 12.6 Å². The molecule has 0 unspecified atom stereocenters. The lowest BCUT2D eigenvalue weighted by Gasteiger charge is -2.23. The van der Waals surface area contributed by atoms with E-state index in [1.54, 1.807) is 0 Å². The predicted molar refractivity (Wildman–Crippen MR) is 62.8 cm³/mol. The Balaban J connectivity index is 0.00000112. The third-order valence-electron chi connectivity index (χ3n) is 2.80. The van der Waals surface area contributed by atoms with Crippen molar-refractivity contribution in [1.82, 2.24) is 10.0 Å². The molecule has 2 N–H and O–H groups in total. The van der Waals surface area contributed by atoms with Gasteiger partial charge in [-0.2, -0.15) is 0 Å². The molecule has 1 aliphatic carbocycles. The predicted octanol–water partition coefficient (Wildman–Crippen LogP) is 0.490. The van der Waals surface area contributed by atoms with Crippen molar-refractivity contribution in [3.8, 4) is 0 Å². The summed E-state index contributed by atoms with van der Waals surface area (Å²) in [6.45, 7) is 1.80. The zero-order valence-electron chi connectivity index (χ0n) is 8.74. The fourth-order valence-corrected chi connectivity index (χ4v) is 3.61. The molecule has 0 aromatic heterocycles. The Morgan fingerprint density at radius 2 is 2.00 bits per heavy atom. The molecule has 0 radical (unpaired) electrons. The van der Waals surface area contributed by atoms with Crippen molar-refractivity contribution in [3.05, 3.63) is 0 Å². The van der Waals surface area contributed by atoms with Gasteiger partial charge in [0.1, 0.15) is 0 Å². The third kappa shape index (κ3) is 4.68. The first kappa shape index (κ1) is 13.2. The van der Waals surface area contributed by atoms with Crippen LogP contribution in [0.15, 0.2) is 0 Å². The smallest absolute Gasteiger partial charge is 0.212 e. The molecule has 90 valence electrons. The topological polar surface area (TPSA) is 58.2 Å². The average molecular weight is 255 g/mol. The van der Waals surface area contributed by atoms with Crippen LogP contribution in [0.4, 0.5) is 0 Å². The first-order chi connectivity index (χ1) is 6.66. The van der Waals surface area contributed by atoms with Gasteiger partial charge in [0.15, 0.2) is 0 Å². The molecule has 15 heavy (non-hydrogen) atoms. The number of sulfonamides is 1. The molecule has 0 bridgehead atoms. The van der Waals surface area contributed by atoms with E-state index in [9.17, 15) is 8.42 Å². The van der Waals surface area contributed by atoms with Crippen LogP contribution < -0.4 is 10.0 Å². The molecule has 0 aromatic carbocycles. The Morgan fingerprint density at radius 1 is 1.27 bits per heavy atom. The Hall–Kier alpha value is 0.160. The van der Waals surface area contributed by atoms with Crippen LogP contribution in [-0.2, 0) is 10.0 Å². The summed E-state index contributed by atoms with van der Waals surface area (Å²) in [5.74, 6) is 0.771. The first-order valence-electron chi connectivity index (χ1n) is 5.36. The molecule has 2 fully saturated rings. The summed E-state index contributed by atoms with van der Waals surface area (Å²) in [7, 11) is -3.01. The number of hydrogen-bond donors (Lipinski definition) is 2. The quantitative estimate of drug-likeness (QED) is 0.768. The lowest BCUT2D eigenvalue weighted by molar-refractivity contribution is 0.428. The van der Waals surface area contributed by atoms with Gasteiger partial charge in [-0.25, -0.2) is 13.1 Å². The van der Waals surface area contributed by atoms with Gasteiger partial charge >= 0.3 is 0 Å². The van der Waals surface area contributed by atoms with Crippen LogP contribution in [0.5, 0.6) is 0 Å². The summed E-state index contributed by atoms with van der Waals surface area (Å²) in [5, 5.41) is 3.20. The van der Waals surface area contributed by atoms with Gasteiger partial charge in [0.05, 0.1) is 5.75 Å². The summed E-state index contributed by atoms with van der Waals surface area (Å²) in [6.07, 6.45) is 4.21. The molecule has 1 heterocycles. The van der Waals surface area contributed by atoms with Crippen LogP contribution in [0.3, 0.4) is 0 Å². The van der Waals surface area contributed by atoms with Gasteiger partial charge in [-0.15, -0.1) is 12.4 Å². The monoisotopic (exact) mass is 254 g/mol. The maximum atomic E-state index is 11.6. The largest absolute Gasteiger partial charge is 0.315 e. The lowest BCUT2D eigenvalue weighted by atomic mass is 10.1. The summed E-state index contributed by atoms with van der Waals surface area (Å²) in [4.78, 5) is 0. The van der Waals surface area contributed by atoms with E-state index in [1.165, 1.54) is 0 Å². The van der Waals surface area contributed by atoms with Crippen LogP contribution in [0.2, 0.25) is 0 Å². The van der Waals surface area contributed by atoms with Crippen molar-refractivity contribution in [2.75, 3.05) is 18.8 Å². The normalized spacial score (nSPS) is 27.1. The van der Waals surface area contributed by atoms with Crippen LogP contribution >= 0.6 is 12.4 Å². The van der Waals surface area contributed by atoms with E-state index in [2.05, 4.69) is 10.0 Å². The summed E-state index contributed by atoms with van der Waals surface area (Å²) >= 11 is 0. The van der Waals surface area contributed by atoms with Gasteiger partial charge in [0.25, 0.3) is 0 Å². The molecule has 2 aliphatic rings.